The van der Waals surface area contributed by atoms with Gasteiger partial charge in [0, 0.05) is 41.2 Å². The first-order valence-electron chi connectivity index (χ1n) is 9.76. The van der Waals surface area contributed by atoms with Crippen LogP contribution >= 0.6 is 11.3 Å². The summed E-state index contributed by atoms with van der Waals surface area (Å²) < 4.78 is 27.6. The van der Waals surface area contributed by atoms with Gasteiger partial charge < -0.3 is 0 Å². The third-order valence-corrected chi connectivity index (χ3v) is 7.98. The molecule has 12 heteroatoms. The molecule has 0 radical (unpaired) electrons. The number of hydrogen-bond acceptors (Lipinski definition) is 7. The van der Waals surface area contributed by atoms with Crippen LogP contribution < -0.4 is 10.9 Å². The van der Waals surface area contributed by atoms with Crippen molar-refractivity contribution in [2.45, 2.75) is 17.9 Å². The second-order valence-corrected chi connectivity index (χ2v) is 10.1. The Morgan fingerprint density at radius 3 is 2.36 bits per heavy atom. The molecule has 2 aromatic carbocycles. The number of benzene rings is 2. The number of thiophene rings is 1. The van der Waals surface area contributed by atoms with Crippen molar-refractivity contribution in [3.63, 3.8) is 0 Å². The van der Waals surface area contributed by atoms with Crippen LogP contribution in [0.1, 0.15) is 31.2 Å². The summed E-state index contributed by atoms with van der Waals surface area (Å²) in [7, 11) is -3.82. The van der Waals surface area contributed by atoms with Crippen LogP contribution in [0.3, 0.4) is 0 Å². The van der Waals surface area contributed by atoms with E-state index in [1.807, 2.05) is 11.4 Å². The summed E-state index contributed by atoms with van der Waals surface area (Å²) in [5.41, 5.74) is 5.10. The van der Waals surface area contributed by atoms with Crippen molar-refractivity contribution in [2.75, 3.05) is 6.54 Å². The van der Waals surface area contributed by atoms with Crippen LogP contribution in [-0.4, -0.2) is 36.0 Å². The molecule has 1 aromatic heterocycles. The van der Waals surface area contributed by atoms with E-state index in [-0.39, 0.29) is 28.3 Å². The molecule has 2 N–H and O–H groups in total. The first kappa shape index (κ1) is 22.6. The lowest BCUT2D eigenvalue weighted by Crippen LogP contribution is -2.41. The number of nitro groups is 1. The molecule has 0 atom stereocenters. The van der Waals surface area contributed by atoms with Crippen LogP contribution in [0, 0.1) is 10.1 Å². The van der Waals surface area contributed by atoms with Crippen LogP contribution in [0.5, 0.6) is 0 Å². The number of fused-ring (bicyclic) bond motifs is 1. The fourth-order valence-corrected chi connectivity index (χ4v) is 5.75. The Morgan fingerprint density at radius 2 is 1.67 bits per heavy atom. The van der Waals surface area contributed by atoms with E-state index < -0.39 is 26.8 Å². The first-order valence-corrected chi connectivity index (χ1v) is 12.1. The Kier molecular flexibility index (Phi) is 6.22. The molecule has 10 nitrogen and oxygen atoms in total. The number of rotatable bonds is 5. The van der Waals surface area contributed by atoms with Crippen LogP contribution in [0.4, 0.5) is 5.69 Å². The van der Waals surface area contributed by atoms with E-state index in [2.05, 4.69) is 10.9 Å². The minimum atomic E-state index is -3.82. The second kappa shape index (κ2) is 9.10. The maximum atomic E-state index is 13.1. The van der Waals surface area contributed by atoms with E-state index in [9.17, 15) is 28.1 Å². The van der Waals surface area contributed by atoms with Crippen molar-refractivity contribution >= 4 is 38.9 Å². The van der Waals surface area contributed by atoms with Gasteiger partial charge in [0.05, 0.1) is 9.82 Å². The Labute approximate surface area is 193 Å². The summed E-state index contributed by atoms with van der Waals surface area (Å²) >= 11 is 1.61. The van der Waals surface area contributed by atoms with Crippen molar-refractivity contribution in [1.29, 1.82) is 0 Å². The van der Waals surface area contributed by atoms with E-state index in [4.69, 9.17) is 0 Å². The summed E-state index contributed by atoms with van der Waals surface area (Å²) in [6.07, 6.45) is 0.635. The van der Waals surface area contributed by atoms with Crippen molar-refractivity contribution in [3.05, 3.63) is 91.7 Å². The monoisotopic (exact) mass is 486 g/mol. The number of nitro benzene ring substituents is 1. The van der Waals surface area contributed by atoms with Gasteiger partial charge in [0.2, 0.25) is 10.0 Å². The van der Waals surface area contributed by atoms with E-state index in [0.717, 1.165) is 11.6 Å². The number of nitrogens with one attached hydrogen (secondary N) is 2. The van der Waals surface area contributed by atoms with Gasteiger partial charge in [-0.1, -0.05) is 12.1 Å². The van der Waals surface area contributed by atoms with Gasteiger partial charge in [0.15, 0.2) is 0 Å². The molecular weight excluding hydrogens is 468 g/mol. The Bertz CT molecular complexity index is 1350. The Morgan fingerprint density at radius 1 is 1.00 bits per heavy atom. The van der Waals surface area contributed by atoms with Crippen molar-refractivity contribution in [3.8, 4) is 0 Å². The smallest absolute Gasteiger partial charge is 0.267 e. The van der Waals surface area contributed by atoms with Gasteiger partial charge in [-0.25, -0.2) is 8.42 Å². The predicted molar refractivity (Wildman–Crippen MR) is 120 cm³/mol. The number of carbonyl (C=O) groups is 2. The third-order valence-electron chi connectivity index (χ3n) is 5.12. The maximum absolute atomic E-state index is 13.1. The number of hydrogen-bond donors (Lipinski definition) is 2. The molecule has 0 saturated carbocycles. The highest BCUT2D eigenvalue weighted by molar-refractivity contribution is 7.89. The fraction of sp³-hybridized carbons (Fsp3) is 0.143. The average Bonchev–Trinajstić information content (AvgIpc) is 3.30. The molecule has 170 valence electrons. The highest BCUT2D eigenvalue weighted by Crippen LogP contribution is 2.28. The molecule has 1 aliphatic heterocycles. The van der Waals surface area contributed by atoms with E-state index in [1.165, 1.54) is 51.6 Å². The van der Waals surface area contributed by atoms with Gasteiger partial charge in [-0.05, 0) is 47.7 Å². The van der Waals surface area contributed by atoms with Crippen molar-refractivity contribution in [2.24, 2.45) is 0 Å². The molecule has 2 heterocycles. The van der Waals surface area contributed by atoms with Gasteiger partial charge in [-0.15, -0.1) is 11.3 Å². The van der Waals surface area contributed by atoms with E-state index >= 15 is 0 Å². The average molecular weight is 487 g/mol. The second-order valence-electron chi connectivity index (χ2n) is 7.20. The van der Waals surface area contributed by atoms with Gasteiger partial charge in [-0.2, -0.15) is 4.31 Å². The standard InChI is InChI=1S/C21H18N4O6S2/c26-20(14-3-1-5-17(11-14)25(28)29)22-23-21(27)15-4-2-6-18(12-15)33(30,31)24-9-7-19-16(13-24)8-10-32-19/h1-6,8,10-12H,7,9,13H2,(H,22,26)(H,23,27). The number of non-ortho nitro benzene ring substituents is 1. The number of amides is 2. The first-order chi connectivity index (χ1) is 15.8. The number of sulfonamides is 1. The molecule has 33 heavy (non-hydrogen) atoms. The van der Waals surface area contributed by atoms with E-state index in [0.29, 0.717) is 13.0 Å². The molecule has 0 spiro atoms. The molecule has 2 amide bonds. The Hall–Kier alpha value is -3.61. The van der Waals surface area contributed by atoms with Crippen molar-refractivity contribution < 1.29 is 22.9 Å². The minimum Gasteiger partial charge on any atom is -0.267 e. The molecule has 3 aromatic rings. The van der Waals surface area contributed by atoms with E-state index in [1.54, 1.807) is 11.3 Å². The normalized spacial score (nSPS) is 13.7. The summed E-state index contributed by atoms with van der Waals surface area (Å²) in [5, 5.41) is 12.8. The molecule has 4 rings (SSSR count). The third kappa shape index (κ3) is 4.77. The molecule has 0 fully saturated rings. The highest BCUT2D eigenvalue weighted by Gasteiger charge is 2.29. The molecule has 0 aliphatic carbocycles. The maximum Gasteiger partial charge on any atom is 0.270 e. The van der Waals surface area contributed by atoms with Gasteiger partial charge >= 0.3 is 0 Å². The zero-order chi connectivity index (χ0) is 23.6. The van der Waals surface area contributed by atoms with Gasteiger partial charge in [-0.3, -0.25) is 30.6 Å². The lowest BCUT2D eigenvalue weighted by molar-refractivity contribution is -0.384. The molecule has 0 bridgehead atoms. The molecule has 0 unspecified atom stereocenters. The topological polar surface area (TPSA) is 139 Å². The zero-order valence-electron chi connectivity index (χ0n) is 17.1. The largest absolute Gasteiger partial charge is 0.270 e. The number of nitrogens with zero attached hydrogens (tertiary/aromatic N) is 2. The quantitative estimate of drug-likeness (QED) is 0.420. The predicted octanol–water partition coefficient (Wildman–Crippen LogP) is 2.48. The summed E-state index contributed by atoms with van der Waals surface area (Å²) in [6, 6.07) is 12.5. The lowest BCUT2D eigenvalue weighted by atomic mass is 10.1. The Balaban J connectivity index is 1.45. The fourth-order valence-electron chi connectivity index (χ4n) is 3.39. The minimum absolute atomic E-state index is 0.0151. The van der Waals surface area contributed by atoms with Crippen LogP contribution in [-0.2, 0) is 23.0 Å². The summed E-state index contributed by atoms with van der Waals surface area (Å²) in [6.45, 7) is 0.627. The lowest BCUT2D eigenvalue weighted by Gasteiger charge is -2.26. The molecule has 0 saturated heterocycles. The number of hydrazine groups is 1. The van der Waals surface area contributed by atoms with Crippen LogP contribution in [0.2, 0.25) is 0 Å². The molecular formula is C21H18N4O6S2. The SMILES string of the molecule is O=C(NNC(=O)c1cccc(S(=O)(=O)N2CCc3sccc3C2)c1)c1cccc([N+](=O)[O-])c1. The summed E-state index contributed by atoms with van der Waals surface area (Å²) in [4.78, 5) is 36.1. The number of carbonyl (C=O) groups excluding carboxylic acids is 2. The van der Waals surface area contributed by atoms with Gasteiger partial charge in [0.25, 0.3) is 17.5 Å². The summed E-state index contributed by atoms with van der Waals surface area (Å²) in [5.74, 6) is -1.49. The van der Waals surface area contributed by atoms with Gasteiger partial charge in [0.1, 0.15) is 0 Å². The zero-order valence-corrected chi connectivity index (χ0v) is 18.7. The molecule has 1 aliphatic rings. The van der Waals surface area contributed by atoms with Crippen LogP contribution in [0.25, 0.3) is 0 Å². The highest BCUT2D eigenvalue weighted by atomic mass is 32.2. The van der Waals surface area contributed by atoms with Crippen molar-refractivity contribution in [1.82, 2.24) is 15.2 Å². The van der Waals surface area contributed by atoms with Crippen LogP contribution in [0.15, 0.2) is 64.9 Å².